The van der Waals surface area contributed by atoms with Crippen molar-refractivity contribution in [3.63, 3.8) is 0 Å². The highest BCUT2D eigenvalue weighted by Gasteiger charge is 2.62. The molecule has 2 aromatic heterocycles. The molecule has 4 amide bonds. The van der Waals surface area contributed by atoms with Crippen LogP contribution < -0.4 is 14.8 Å². The molecule has 0 unspecified atom stereocenters. The molecule has 2 N–H and O–H groups in total. The Kier molecular flexibility index (Phi) is 11.7. The lowest BCUT2D eigenvalue weighted by molar-refractivity contribution is -0.140. The summed E-state index contributed by atoms with van der Waals surface area (Å²) in [5, 5.41) is 5.89. The number of sulfonamides is 1. The Hall–Kier alpha value is -5.09. The van der Waals surface area contributed by atoms with Gasteiger partial charge >= 0.3 is 6.03 Å². The maximum atomic E-state index is 14.9. The van der Waals surface area contributed by atoms with E-state index in [4.69, 9.17) is 14.7 Å². The van der Waals surface area contributed by atoms with Crippen LogP contribution in [0.4, 0.5) is 4.79 Å². The number of Topliss-reactive ketones (excluding diaryl/α,β-unsaturated/α-hetero) is 1. The van der Waals surface area contributed by atoms with E-state index in [1.54, 1.807) is 11.8 Å². The van der Waals surface area contributed by atoms with Gasteiger partial charge in [-0.25, -0.2) is 18.2 Å². The normalized spacial score (nSPS) is 26.7. The highest BCUT2D eigenvalue weighted by molar-refractivity contribution is 7.91. The summed E-state index contributed by atoms with van der Waals surface area (Å²) < 4.78 is 36.8. The molecule has 9 rings (SSSR count). The van der Waals surface area contributed by atoms with Crippen molar-refractivity contribution in [3.8, 4) is 27.8 Å². The van der Waals surface area contributed by atoms with Crippen LogP contribution in [0.5, 0.6) is 6.01 Å². The second kappa shape index (κ2) is 17.1. The van der Waals surface area contributed by atoms with Crippen LogP contribution in [0.15, 0.2) is 66.1 Å². The van der Waals surface area contributed by atoms with Gasteiger partial charge in [0.1, 0.15) is 22.7 Å². The van der Waals surface area contributed by atoms with Crippen molar-refractivity contribution < 1.29 is 32.3 Å². The second-order valence-corrected chi connectivity index (χ2v) is 21.7. The lowest BCUT2D eigenvalue weighted by Gasteiger charge is -2.30. The number of fused-ring (bicyclic) bond motifs is 3. The van der Waals surface area contributed by atoms with Crippen molar-refractivity contribution in [2.45, 2.75) is 127 Å². The Morgan fingerprint density at radius 2 is 1.75 bits per heavy atom. The number of imidazole rings is 1. The molecule has 2 aromatic carbocycles. The highest BCUT2D eigenvalue weighted by Crippen LogP contribution is 2.57. The van der Waals surface area contributed by atoms with Gasteiger partial charge in [-0.05, 0) is 90.2 Å². The molecule has 5 aliphatic rings. The van der Waals surface area contributed by atoms with Crippen LogP contribution >= 0.6 is 11.3 Å². The zero-order chi connectivity index (χ0) is 44.1. The summed E-state index contributed by atoms with van der Waals surface area (Å²) >= 11 is 1.54. The number of benzene rings is 2. The molecule has 14 nitrogen and oxygen atoms in total. The number of hydrogen-bond donors (Lipinski definition) is 2. The molecule has 4 aromatic rings. The lowest BCUT2D eigenvalue weighted by atomic mass is 9.91. The molecule has 4 fully saturated rings. The molecule has 63 heavy (non-hydrogen) atoms. The summed E-state index contributed by atoms with van der Waals surface area (Å²) in [5.41, 5.74) is 3.07. The van der Waals surface area contributed by atoms with Gasteiger partial charge in [0.15, 0.2) is 5.78 Å². The first-order chi connectivity index (χ1) is 30.3. The number of carbonyl (C=O) groups is 4. The molecule has 0 spiro atoms. The van der Waals surface area contributed by atoms with Gasteiger partial charge in [0, 0.05) is 48.5 Å². The number of nitrogens with one attached hydrogen (secondary N) is 2. The third-order valence-corrected chi connectivity index (χ3v) is 16.9. The van der Waals surface area contributed by atoms with Gasteiger partial charge in [-0.1, -0.05) is 61.4 Å². The molecule has 0 radical (unpaired) electrons. The maximum absolute atomic E-state index is 14.9. The highest BCUT2D eigenvalue weighted by atomic mass is 32.2. The number of urea groups is 1. The number of amides is 4. The minimum atomic E-state index is -3.96. The topological polar surface area (TPSA) is 173 Å². The Balaban J connectivity index is 1.04. The predicted octanol–water partition coefficient (Wildman–Crippen LogP) is 7.41. The van der Waals surface area contributed by atoms with Crippen molar-refractivity contribution in [1.82, 2.24) is 34.4 Å². The number of aromatic nitrogens is 3. The zero-order valence-corrected chi connectivity index (χ0v) is 37.9. The number of ketones is 1. The summed E-state index contributed by atoms with van der Waals surface area (Å²) in [6.45, 7) is 7.02. The van der Waals surface area contributed by atoms with E-state index in [0.717, 1.165) is 65.0 Å². The van der Waals surface area contributed by atoms with E-state index in [9.17, 15) is 27.6 Å². The number of likely N-dealkylation sites (tertiary alicyclic amines) is 1. The first-order valence-electron chi connectivity index (χ1n) is 22.6. The molecular weight excluding hydrogens is 839 g/mol. The van der Waals surface area contributed by atoms with E-state index < -0.39 is 44.3 Å². The second-order valence-electron chi connectivity index (χ2n) is 18.7. The number of nitrogens with zero attached hydrogens (tertiary/aromatic N) is 5. The van der Waals surface area contributed by atoms with Crippen molar-refractivity contribution in [1.29, 1.82) is 0 Å². The number of ether oxygens (including phenoxy) is 1. The third-order valence-electron chi connectivity index (χ3n) is 13.8. The Morgan fingerprint density at radius 1 is 0.968 bits per heavy atom. The molecule has 334 valence electrons. The number of para-hydroxylation sites is 1. The van der Waals surface area contributed by atoms with Crippen molar-refractivity contribution in [2.75, 3.05) is 19.6 Å². The third kappa shape index (κ3) is 8.52. The van der Waals surface area contributed by atoms with Gasteiger partial charge in [-0.3, -0.25) is 23.7 Å². The minimum Gasteiger partial charge on any atom is -0.459 e. The van der Waals surface area contributed by atoms with Crippen LogP contribution in [-0.2, 0) is 24.4 Å². The number of carbonyl (C=O) groups excluding carboxylic acids is 4. The van der Waals surface area contributed by atoms with Crippen molar-refractivity contribution in [3.05, 3.63) is 66.1 Å². The largest absolute Gasteiger partial charge is 0.459 e. The van der Waals surface area contributed by atoms with E-state index >= 15 is 0 Å². The van der Waals surface area contributed by atoms with E-state index in [1.165, 1.54) is 16.2 Å². The fourth-order valence-electron chi connectivity index (χ4n) is 9.59. The first kappa shape index (κ1) is 43.2. The molecule has 2 saturated carbocycles. The van der Waals surface area contributed by atoms with Gasteiger partial charge in [0.05, 0.1) is 34.0 Å². The van der Waals surface area contributed by atoms with E-state index in [0.29, 0.717) is 51.2 Å². The maximum Gasteiger partial charge on any atom is 0.318 e. The predicted molar refractivity (Wildman–Crippen MR) is 241 cm³/mol. The number of hydrogen-bond acceptors (Lipinski definition) is 10. The molecule has 5 atom stereocenters. The first-order valence-corrected chi connectivity index (χ1v) is 24.9. The Labute approximate surface area is 372 Å². The molecule has 5 heterocycles. The van der Waals surface area contributed by atoms with Gasteiger partial charge < -0.3 is 19.9 Å². The van der Waals surface area contributed by atoms with Crippen LogP contribution in [0.3, 0.4) is 0 Å². The molecule has 2 aliphatic carbocycles. The van der Waals surface area contributed by atoms with Crippen LogP contribution in [0.2, 0.25) is 0 Å². The summed E-state index contributed by atoms with van der Waals surface area (Å²) in [5.74, 6) is -1.69. The molecule has 3 aliphatic heterocycles. The SMILES string of the molecule is CC(C)n1c(O[C@@H]2C[C@H]3C(=O)C[C@]4(C(=O)NS(=O)(=O)C5(C)CC5)C[C@@H]4/C=C\CCCCC[C@H](NC(=O)N4CCCC4)C(=O)N3C2)nc2c(-c3nc(-c4ccccc4)cs3)cccc21. The van der Waals surface area contributed by atoms with E-state index in [2.05, 4.69) is 10.0 Å². The minimum absolute atomic E-state index is 0.0572. The van der Waals surface area contributed by atoms with E-state index in [-0.39, 0.29) is 49.1 Å². The van der Waals surface area contributed by atoms with E-state index in [1.807, 2.05) is 84.5 Å². The van der Waals surface area contributed by atoms with Crippen molar-refractivity contribution in [2.24, 2.45) is 11.3 Å². The summed E-state index contributed by atoms with van der Waals surface area (Å²) in [6, 6.07) is 14.1. The van der Waals surface area contributed by atoms with Gasteiger partial charge in [-0.15, -0.1) is 11.3 Å². The van der Waals surface area contributed by atoms with Crippen LogP contribution in [-0.4, -0.2) is 99.0 Å². The average molecular weight is 896 g/mol. The lowest BCUT2D eigenvalue weighted by Crippen LogP contribution is -2.54. The fraction of sp³-hybridized carbons (Fsp3) is 0.532. The zero-order valence-electron chi connectivity index (χ0n) is 36.3. The van der Waals surface area contributed by atoms with Gasteiger partial charge in [-0.2, -0.15) is 4.98 Å². The molecule has 0 bridgehead atoms. The molecule has 2 saturated heterocycles. The Bertz CT molecular complexity index is 2540. The van der Waals surface area contributed by atoms with Crippen molar-refractivity contribution >= 4 is 56.0 Å². The quantitative estimate of drug-likeness (QED) is 0.162. The monoisotopic (exact) mass is 895 g/mol. The molecule has 16 heteroatoms. The summed E-state index contributed by atoms with van der Waals surface area (Å²) in [6.07, 6.45) is 9.77. The average Bonchev–Trinajstić information content (AvgIpc) is 3.75. The summed E-state index contributed by atoms with van der Waals surface area (Å²) in [7, 11) is -3.96. The number of rotatable bonds is 9. The standard InChI is InChI=1S/C47H57N7O7S2/c1-30(2)54-37-20-14-18-34(41-48-36(29-62-41)31-15-8-7-9-16-31)40(37)50-45(54)61-33-25-38-39(55)27-47(43(57)51-63(59,60)46(3)21-22-46)26-32(47)17-10-5-4-6-11-19-35(42(56)53(38)28-33)49-44(58)52-23-12-13-24-52/h7-10,14-18,20,29-30,32-33,35,38H,4-6,11-13,19,21-28H2,1-3H3,(H,49,58)(H,51,57)/b17-10-/t32-,33+,35-,38-,47+/m0/s1. The smallest absolute Gasteiger partial charge is 0.318 e. The van der Waals surface area contributed by atoms with Gasteiger partial charge in [0.2, 0.25) is 21.8 Å². The van der Waals surface area contributed by atoms with Crippen LogP contribution in [0, 0.1) is 11.3 Å². The summed E-state index contributed by atoms with van der Waals surface area (Å²) in [4.78, 5) is 70.7. The fourth-order valence-corrected chi connectivity index (χ4v) is 11.8. The Morgan fingerprint density at radius 3 is 2.49 bits per heavy atom. The molecular formula is C47H57N7O7S2. The number of thiazole rings is 1. The van der Waals surface area contributed by atoms with Crippen LogP contribution in [0.25, 0.3) is 32.9 Å². The van der Waals surface area contributed by atoms with Crippen LogP contribution in [0.1, 0.15) is 104 Å². The number of allylic oxidation sites excluding steroid dienone is 2. The van der Waals surface area contributed by atoms with Gasteiger partial charge in [0.25, 0.3) is 6.01 Å².